The fourth-order valence-corrected chi connectivity index (χ4v) is 16.5. The largest absolute Gasteiger partial charge is 0.394 e. The summed E-state index contributed by atoms with van der Waals surface area (Å²) < 4.78 is 0. The molecule has 8 rings (SSSR count). The summed E-state index contributed by atoms with van der Waals surface area (Å²) in [6.07, 6.45) is 4.48. The third kappa shape index (κ3) is 30.5. The number of aromatic amines is 3. The number of aliphatic hydroxyl groups is 1. The van der Waals surface area contributed by atoms with Crippen molar-refractivity contribution in [2.24, 2.45) is 22.9 Å². The van der Waals surface area contributed by atoms with E-state index in [1.807, 2.05) is 13.8 Å². The van der Waals surface area contributed by atoms with Crippen molar-refractivity contribution in [2.45, 2.75) is 208 Å². The number of rotatable bonds is 27. The smallest absolute Gasteiger partial charge is 0.246 e. The van der Waals surface area contributed by atoms with E-state index in [0.717, 1.165) is 36.3 Å². The molecule has 0 bridgehead atoms. The Kier molecular flexibility index (Phi) is 40.0. The van der Waals surface area contributed by atoms with E-state index in [1.54, 1.807) is 91.3 Å². The van der Waals surface area contributed by atoms with Crippen LogP contribution in [0.4, 0.5) is 0 Å². The molecule has 0 radical (unpaired) electrons. The lowest BCUT2D eigenvalue weighted by atomic mass is 10.00. The number of aromatic nitrogens is 4. The number of unbranched alkanes of at least 4 members (excludes halogenated alkanes) is 2. The Hall–Kier alpha value is -14.0. The van der Waals surface area contributed by atoms with Crippen molar-refractivity contribution in [2.75, 3.05) is 72.5 Å². The van der Waals surface area contributed by atoms with E-state index in [1.165, 1.54) is 47.6 Å². The van der Waals surface area contributed by atoms with E-state index < -0.39 is 241 Å². The Bertz CT molecular complexity index is 5130. The summed E-state index contributed by atoms with van der Waals surface area (Å²) in [6, 6.07) is 1.95. The summed E-state index contributed by atoms with van der Waals surface area (Å²) in [6.45, 7) is 2.14. The molecule has 133 heavy (non-hydrogen) atoms. The first kappa shape index (κ1) is 104. The topological polar surface area (TPSA) is 664 Å². The van der Waals surface area contributed by atoms with Gasteiger partial charge >= 0.3 is 0 Å². The average molecular weight is 1870 g/mol. The van der Waals surface area contributed by atoms with Gasteiger partial charge in [-0.2, -0.15) is 0 Å². The number of nitrogens with zero attached hydrogens (tertiary/aromatic N) is 6. The van der Waals surface area contributed by atoms with Crippen LogP contribution in [0.25, 0.3) is 21.8 Å². The summed E-state index contributed by atoms with van der Waals surface area (Å²) in [5, 5.41) is 48.9. The third-order valence-corrected chi connectivity index (χ3v) is 24.1. The van der Waals surface area contributed by atoms with Crippen molar-refractivity contribution in [3.63, 3.8) is 0 Å². The van der Waals surface area contributed by atoms with Gasteiger partial charge in [-0.05, 0) is 80.7 Å². The normalized spacial score (nSPS) is 23.3. The predicted octanol–water partition coefficient (Wildman–Crippen LogP) is -3.92. The van der Waals surface area contributed by atoms with Crippen LogP contribution in [0, 0.1) is 5.41 Å². The van der Waals surface area contributed by atoms with Crippen LogP contribution >= 0.6 is 11.8 Å². The molecule has 24 N–H and O–H groups in total. The molecule has 13 atom stereocenters. The molecular formula is C88H123N25O19S. The Morgan fingerprint density at radius 3 is 1.65 bits per heavy atom. The molecule has 45 heteroatoms. The molecule has 720 valence electrons. The molecule has 2 aliphatic rings. The SMILES string of the molecule is CCCC[C@H]1C(=O)N(C)[C@@H](CCCC)C(=O)N[C@@H](CCCNC(=N)N)C(=O)N[C@H](C(=O)NCC(N)=O)CSCC(=O)N[C@@H](Cc2ccccc2)C(=O)N(C)[C@@H](C)C(=O)N[C@@H](CC(N)=O)C(=O)N2CCC[C@H]2C(=O)N[C@@H](Cc2cnc[nH]2)C(=O)N[C@@H](CCC(N)=O)C(=O)N(C)CC(=O)N[C@@H](Cc2c[nH]c3ccccc23)C(=O)N[C@@H](CO)C(=O)N[C@@H](Cc2c[nH]c3ccccc23)C(=O)N1C. The van der Waals surface area contributed by atoms with Crippen LogP contribution in [0.15, 0.2) is 104 Å². The number of para-hydroxylation sites is 2. The van der Waals surface area contributed by atoms with Gasteiger partial charge in [0.15, 0.2) is 5.96 Å². The maximum absolute atomic E-state index is 15.7. The van der Waals surface area contributed by atoms with E-state index in [2.05, 4.69) is 78.4 Å². The van der Waals surface area contributed by atoms with Crippen LogP contribution in [0.3, 0.4) is 0 Å². The first-order chi connectivity index (χ1) is 63.4. The minimum absolute atomic E-state index is 0.00723. The molecule has 44 nitrogen and oxygen atoms in total. The van der Waals surface area contributed by atoms with Gasteiger partial charge in [-0.3, -0.25) is 91.7 Å². The molecule has 3 aromatic carbocycles. The number of carbonyl (C=O) groups excluding carboxylic acids is 18. The minimum Gasteiger partial charge on any atom is -0.394 e. The second kappa shape index (κ2) is 51.0. The fraction of sp³-hybridized carbons (Fsp3) is 0.500. The van der Waals surface area contributed by atoms with E-state index in [-0.39, 0.29) is 83.0 Å². The lowest BCUT2D eigenvalue weighted by Crippen LogP contribution is -2.61. The number of hydrogen-bond donors (Lipinski definition) is 20. The summed E-state index contributed by atoms with van der Waals surface area (Å²) in [4.78, 5) is 279. The zero-order valence-electron chi connectivity index (χ0n) is 75.5. The number of thioether (sulfide) groups is 1. The van der Waals surface area contributed by atoms with Gasteiger partial charge in [0.2, 0.25) is 106 Å². The minimum atomic E-state index is -1.89. The number of aliphatic hydroxyl groups excluding tert-OH is 1. The number of guanidine groups is 1. The van der Waals surface area contributed by atoms with Crippen LogP contribution < -0.4 is 81.4 Å². The second-order valence-corrected chi connectivity index (χ2v) is 34.1. The molecule has 0 saturated carbocycles. The van der Waals surface area contributed by atoms with Gasteiger partial charge in [-0.15, -0.1) is 11.8 Å². The van der Waals surface area contributed by atoms with Gasteiger partial charge in [0.05, 0.1) is 38.2 Å². The number of imidazole rings is 1. The highest BCUT2D eigenvalue weighted by Crippen LogP contribution is 2.26. The molecule has 18 amide bonds. The quantitative estimate of drug-likeness (QED) is 0.0133. The van der Waals surface area contributed by atoms with E-state index in [4.69, 9.17) is 28.3 Å². The maximum Gasteiger partial charge on any atom is 0.246 e. The summed E-state index contributed by atoms with van der Waals surface area (Å²) in [7, 11) is 5.09. The van der Waals surface area contributed by atoms with Crippen molar-refractivity contribution in [3.05, 3.63) is 126 Å². The van der Waals surface area contributed by atoms with Crippen LogP contribution in [-0.4, -0.2) is 313 Å². The molecule has 0 aliphatic carbocycles. The molecule has 0 spiro atoms. The van der Waals surface area contributed by atoms with Crippen molar-refractivity contribution in [1.29, 1.82) is 5.41 Å². The molecule has 2 aliphatic heterocycles. The highest BCUT2D eigenvalue weighted by atomic mass is 32.2. The van der Waals surface area contributed by atoms with Crippen LogP contribution in [-0.2, 0) is 112 Å². The second-order valence-electron chi connectivity index (χ2n) is 33.0. The summed E-state index contributed by atoms with van der Waals surface area (Å²) in [5.41, 5.74) is 25.4. The first-order valence-electron chi connectivity index (χ1n) is 44.0. The van der Waals surface area contributed by atoms with Gasteiger partial charge < -0.3 is 126 Å². The highest BCUT2D eigenvalue weighted by Gasteiger charge is 2.44. The van der Waals surface area contributed by atoms with E-state index in [0.29, 0.717) is 64.2 Å². The Morgan fingerprint density at radius 1 is 0.511 bits per heavy atom. The number of fused-ring (bicyclic) bond motifs is 3. The Morgan fingerprint density at radius 2 is 1.05 bits per heavy atom. The van der Waals surface area contributed by atoms with Crippen molar-refractivity contribution >= 4 is 146 Å². The molecule has 3 aromatic heterocycles. The number of nitrogens with two attached hydrogens (primary N) is 4. The lowest BCUT2D eigenvalue weighted by Gasteiger charge is -2.36. The van der Waals surface area contributed by atoms with Crippen LogP contribution in [0.1, 0.15) is 127 Å². The number of carbonyl (C=O) groups is 18. The fourth-order valence-electron chi connectivity index (χ4n) is 15.6. The molecule has 2 saturated heterocycles. The van der Waals surface area contributed by atoms with Gasteiger partial charge in [-0.25, -0.2) is 4.98 Å². The molecular weight excluding hydrogens is 1740 g/mol. The lowest BCUT2D eigenvalue weighted by molar-refractivity contribution is -0.149. The standard InChI is InChI=1S/C88H123N25O19S/c1-8-10-28-67-81(126)102-58(27-19-33-95-88(92)93)77(122)108-66(76(121)98-43-72(91)117)46-133-47-74(119)101-62(35-50-21-13-12-14-22-50)84(129)110(5)49(3)75(120)105-64(39-71(90)116)86(131)113-34-20-30-68(113)82(127)104-61(38-53-42-94-48-99-53)79(124)103-59(31-32-70(89)115)83(128)109(4)44-73(118)100-60(36-51-40-96-56-25-17-15-23-54(51)56)78(123)107-65(45-114)80(125)106-63(37-52-41-97-57-26-18-16-24-55(52)57)85(130)112(7)69(29-11-9-2)87(132)111(67)6/h12-18,21-26,40-42,48-49,58-69,96-97,114H,8-11,19-20,27-39,43-47H2,1-7H3,(H2,89,115)(H2,90,116)(H2,91,117)(H,94,99)(H,98,121)(H,100,118)(H,101,119)(H,102,126)(H,103,124)(H,104,127)(H,105,120)(H,106,125)(H,107,123)(H,108,122)(H4,92,93,95)/t49-,58-,59-,60-,61-,62-,63-,64-,65-,66-,67-,68-,69-/m0/s1. The van der Waals surface area contributed by atoms with Crippen LogP contribution in [0.2, 0.25) is 0 Å². The zero-order chi connectivity index (χ0) is 97.3. The van der Waals surface area contributed by atoms with Gasteiger partial charge in [0, 0.05) is 125 Å². The zero-order valence-corrected chi connectivity index (χ0v) is 76.3. The number of nitrogens with one attached hydrogen (secondary N) is 15. The van der Waals surface area contributed by atoms with Gasteiger partial charge in [0.1, 0.15) is 78.5 Å². The maximum atomic E-state index is 15.7. The first-order valence-corrected chi connectivity index (χ1v) is 45.1. The van der Waals surface area contributed by atoms with E-state index >= 15 is 24.0 Å². The monoisotopic (exact) mass is 1870 g/mol. The van der Waals surface area contributed by atoms with E-state index in [9.17, 15) is 67.4 Å². The van der Waals surface area contributed by atoms with Crippen molar-refractivity contribution in [1.82, 2.24) is 103 Å². The Labute approximate surface area is 772 Å². The van der Waals surface area contributed by atoms with Crippen molar-refractivity contribution in [3.8, 4) is 0 Å². The molecule has 0 unspecified atom stereocenters. The number of primary amides is 3. The number of benzene rings is 3. The average Bonchev–Trinajstić information content (AvgIpc) is 1.52. The number of hydrogen-bond acceptors (Lipinski definition) is 22. The number of amides is 18. The molecule has 5 heterocycles. The molecule has 2 fully saturated rings. The predicted molar refractivity (Wildman–Crippen MR) is 489 cm³/mol. The van der Waals surface area contributed by atoms with Gasteiger partial charge in [-0.1, -0.05) is 106 Å². The summed E-state index contributed by atoms with van der Waals surface area (Å²) in [5.74, 6) is -18.5. The van der Waals surface area contributed by atoms with Crippen LogP contribution in [0.5, 0.6) is 0 Å². The number of H-pyrrole nitrogens is 3. The van der Waals surface area contributed by atoms with Crippen molar-refractivity contribution < 1.29 is 91.4 Å². The highest BCUT2D eigenvalue weighted by molar-refractivity contribution is 8.00. The third-order valence-electron chi connectivity index (χ3n) is 23.1. The summed E-state index contributed by atoms with van der Waals surface area (Å²) >= 11 is 0.783. The Balaban J connectivity index is 1.18. The molecule has 6 aromatic rings. The number of likely N-dealkylation sites (N-methyl/N-ethyl adjacent to an activating group) is 4. The van der Waals surface area contributed by atoms with Gasteiger partial charge in [0.25, 0.3) is 0 Å².